The number of aromatic nitrogens is 2. The van der Waals surface area contributed by atoms with Crippen molar-refractivity contribution in [3.63, 3.8) is 0 Å². The van der Waals surface area contributed by atoms with Gasteiger partial charge in [0.05, 0.1) is 12.4 Å². The van der Waals surface area contributed by atoms with Crippen LogP contribution < -0.4 is 5.32 Å². The Labute approximate surface area is 138 Å². The van der Waals surface area contributed by atoms with Crippen molar-refractivity contribution in [2.45, 2.75) is 22.8 Å². The van der Waals surface area contributed by atoms with Crippen LogP contribution in [-0.4, -0.2) is 25.3 Å². The third kappa shape index (κ3) is 3.70. The number of hydrogen-bond acceptors (Lipinski definition) is 2. The SMILES string of the molecule is CC(=O)NC(Cl)C(Cl)(Cl)C(c1ccccc1)n1ccnc1. The van der Waals surface area contributed by atoms with Crippen LogP contribution in [0.15, 0.2) is 49.1 Å². The summed E-state index contributed by atoms with van der Waals surface area (Å²) >= 11 is 19.2. The van der Waals surface area contributed by atoms with E-state index in [9.17, 15) is 4.79 Å². The minimum Gasteiger partial charge on any atom is -0.337 e. The molecule has 0 saturated carbocycles. The van der Waals surface area contributed by atoms with Crippen LogP contribution in [0.25, 0.3) is 0 Å². The maximum atomic E-state index is 11.2. The van der Waals surface area contributed by atoms with Crippen LogP contribution in [0, 0.1) is 0 Å². The fraction of sp³-hybridized carbons (Fsp3) is 0.286. The number of alkyl halides is 3. The van der Waals surface area contributed by atoms with E-state index in [2.05, 4.69) is 10.3 Å². The van der Waals surface area contributed by atoms with E-state index in [-0.39, 0.29) is 5.91 Å². The number of nitrogens with zero attached hydrogens (tertiary/aromatic N) is 2. The van der Waals surface area contributed by atoms with Crippen molar-refractivity contribution in [3.05, 3.63) is 54.6 Å². The number of imidazole rings is 1. The molecule has 1 N–H and O–H groups in total. The Morgan fingerprint density at radius 2 is 2.00 bits per heavy atom. The maximum absolute atomic E-state index is 11.2. The number of carbonyl (C=O) groups excluding carboxylic acids is 1. The fourth-order valence-electron chi connectivity index (χ4n) is 2.06. The fourth-order valence-corrected chi connectivity index (χ4v) is 2.92. The van der Waals surface area contributed by atoms with Crippen molar-refractivity contribution in [2.75, 3.05) is 0 Å². The summed E-state index contributed by atoms with van der Waals surface area (Å²) in [5, 5.41) is 2.52. The first-order chi connectivity index (χ1) is 9.93. The van der Waals surface area contributed by atoms with Gasteiger partial charge in [0.15, 0.2) is 4.33 Å². The molecule has 112 valence electrons. The number of halogens is 3. The zero-order chi connectivity index (χ0) is 15.5. The number of amides is 1. The van der Waals surface area contributed by atoms with Crippen molar-refractivity contribution in [2.24, 2.45) is 0 Å². The Bertz CT molecular complexity index is 587. The Morgan fingerprint density at radius 3 is 2.52 bits per heavy atom. The third-order valence-electron chi connectivity index (χ3n) is 2.97. The highest BCUT2D eigenvalue weighted by atomic mass is 35.5. The molecule has 4 nitrogen and oxygen atoms in total. The monoisotopic (exact) mass is 345 g/mol. The molecule has 0 aliphatic heterocycles. The first kappa shape index (κ1) is 16.1. The summed E-state index contributed by atoms with van der Waals surface area (Å²) in [6, 6.07) is 8.93. The lowest BCUT2D eigenvalue weighted by Gasteiger charge is -2.34. The second-order valence-corrected chi connectivity index (χ2v) is 6.44. The number of hydrogen-bond donors (Lipinski definition) is 1. The van der Waals surface area contributed by atoms with Crippen LogP contribution in [-0.2, 0) is 4.79 Å². The zero-order valence-corrected chi connectivity index (χ0v) is 13.5. The van der Waals surface area contributed by atoms with Crippen molar-refractivity contribution >= 4 is 40.7 Å². The lowest BCUT2D eigenvalue weighted by atomic mass is 10.0. The molecule has 1 heterocycles. The molecule has 0 fully saturated rings. The van der Waals surface area contributed by atoms with Gasteiger partial charge in [-0.25, -0.2) is 4.98 Å². The summed E-state index contributed by atoms with van der Waals surface area (Å²) < 4.78 is 0.293. The number of nitrogens with one attached hydrogen (secondary N) is 1. The van der Waals surface area contributed by atoms with Gasteiger partial charge >= 0.3 is 0 Å². The lowest BCUT2D eigenvalue weighted by molar-refractivity contribution is -0.119. The lowest BCUT2D eigenvalue weighted by Crippen LogP contribution is -2.47. The summed E-state index contributed by atoms with van der Waals surface area (Å²) in [4.78, 5) is 15.2. The third-order valence-corrected chi connectivity index (χ3v) is 4.50. The Balaban J connectivity index is 2.42. The van der Waals surface area contributed by atoms with E-state index < -0.39 is 15.9 Å². The van der Waals surface area contributed by atoms with Gasteiger partial charge in [-0.3, -0.25) is 4.79 Å². The molecular formula is C14H14Cl3N3O. The standard InChI is InChI=1S/C14H14Cl3N3O/c1-10(21)19-13(15)14(16,17)12(20-8-7-18-9-20)11-5-3-2-4-6-11/h2-9,12-13H,1H3,(H,19,21). The first-order valence-electron chi connectivity index (χ1n) is 6.24. The highest BCUT2D eigenvalue weighted by Crippen LogP contribution is 2.42. The molecule has 1 aromatic carbocycles. The van der Waals surface area contributed by atoms with Gasteiger partial charge in [-0.2, -0.15) is 0 Å². The summed E-state index contributed by atoms with van der Waals surface area (Å²) in [7, 11) is 0. The van der Waals surface area contributed by atoms with Gasteiger partial charge in [0.2, 0.25) is 5.91 Å². The first-order valence-corrected chi connectivity index (χ1v) is 7.43. The van der Waals surface area contributed by atoms with Crippen molar-refractivity contribution in [1.82, 2.24) is 14.9 Å². The van der Waals surface area contributed by atoms with Gasteiger partial charge in [-0.15, -0.1) is 0 Å². The number of carbonyl (C=O) groups is 1. The predicted octanol–water partition coefficient (Wildman–Crippen LogP) is 3.35. The van der Waals surface area contributed by atoms with Gasteiger partial charge in [-0.05, 0) is 5.56 Å². The molecule has 0 saturated heterocycles. The minimum absolute atomic E-state index is 0.307. The smallest absolute Gasteiger partial charge is 0.218 e. The van der Waals surface area contributed by atoms with Crippen LogP contribution in [0.4, 0.5) is 0 Å². The van der Waals surface area contributed by atoms with Crippen molar-refractivity contribution in [3.8, 4) is 0 Å². The largest absolute Gasteiger partial charge is 0.337 e. The Kier molecular flexibility index (Phi) is 5.14. The van der Waals surface area contributed by atoms with E-state index in [1.807, 2.05) is 30.3 Å². The highest BCUT2D eigenvalue weighted by molar-refractivity contribution is 6.53. The molecule has 7 heteroatoms. The zero-order valence-electron chi connectivity index (χ0n) is 11.2. The van der Waals surface area contributed by atoms with Crippen LogP contribution in [0.2, 0.25) is 0 Å². The molecule has 0 spiro atoms. The normalized spacial score (nSPS) is 14.5. The van der Waals surface area contributed by atoms with Crippen molar-refractivity contribution in [1.29, 1.82) is 0 Å². The van der Waals surface area contributed by atoms with E-state index >= 15 is 0 Å². The van der Waals surface area contributed by atoms with Gasteiger partial charge in [0, 0.05) is 19.3 Å². The molecule has 2 unspecified atom stereocenters. The summed E-state index contributed by atoms with van der Waals surface area (Å²) in [6.07, 6.45) is 4.98. The van der Waals surface area contributed by atoms with E-state index in [0.717, 1.165) is 5.56 Å². The summed E-state index contributed by atoms with van der Waals surface area (Å²) in [5.41, 5.74) is -0.109. The van der Waals surface area contributed by atoms with Gasteiger partial charge in [-0.1, -0.05) is 65.1 Å². The summed E-state index contributed by atoms with van der Waals surface area (Å²) in [6.45, 7) is 1.36. The second kappa shape index (κ2) is 6.69. The molecular weight excluding hydrogens is 333 g/mol. The van der Waals surface area contributed by atoms with Crippen LogP contribution in [0.3, 0.4) is 0 Å². The average Bonchev–Trinajstić information content (AvgIpc) is 2.92. The predicted molar refractivity (Wildman–Crippen MR) is 84.7 cm³/mol. The molecule has 1 aromatic heterocycles. The maximum Gasteiger partial charge on any atom is 0.218 e. The van der Waals surface area contributed by atoms with E-state index in [0.29, 0.717) is 0 Å². The molecule has 0 radical (unpaired) electrons. The van der Waals surface area contributed by atoms with Crippen molar-refractivity contribution < 1.29 is 4.79 Å². The van der Waals surface area contributed by atoms with Gasteiger partial charge in [0.25, 0.3) is 0 Å². The number of benzene rings is 1. The van der Waals surface area contributed by atoms with Crippen LogP contribution >= 0.6 is 34.8 Å². The highest BCUT2D eigenvalue weighted by Gasteiger charge is 2.44. The van der Waals surface area contributed by atoms with E-state index in [1.165, 1.54) is 6.92 Å². The molecule has 2 atom stereocenters. The van der Waals surface area contributed by atoms with Gasteiger partial charge < -0.3 is 9.88 Å². The topological polar surface area (TPSA) is 46.9 Å². The summed E-state index contributed by atoms with van der Waals surface area (Å²) in [5.74, 6) is -0.307. The van der Waals surface area contributed by atoms with E-state index in [1.54, 1.807) is 23.3 Å². The molecule has 21 heavy (non-hydrogen) atoms. The van der Waals surface area contributed by atoms with Crippen LogP contribution in [0.5, 0.6) is 0 Å². The quantitative estimate of drug-likeness (QED) is 0.666. The molecule has 2 aromatic rings. The molecule has 0 aliphatic rings. The number of rotatable bonds is 5. The molecule has 1 amide bonds. The molecule has 0 bridgehead atoms. The Hall–Kier alpha value is -1.23. The minimum atomic E-state index is -1.46. The molecule has 0 aliphatic carbocycles. The average molecular weight is 347 g/mol. The van der Waals surface area contributed by atoms with Gasteiger partial charge in [0.1, 0.15) is 5.50 Å². The van der Waals surface area contributed by atoms with E-state index in [4.69, 9.17) is 34.8 Å². The Morgan fingerprint density at radius 1 is 1.33 bits per heavy atom. The van der Waals surface area contributed by atoms with Crippen LogP contribution in [0.1, 0.15) is 18.5 Å². The molecule has 2 rings (SSSR count). The second-order valence-electron chi connectivity index (χ2n) is 4.56.